The molecule has 5 nitrogen and oxygen atoms in total. The van der Waals surface area contributed by atoms with Crippen molar-refractivity contribution < 1.29 is 13.7 Å². The van der Waals surface area contributed by atoms with Crippen LogP contribution in [0, 0.1) is 12.7 Å². The van der Waals surface area contributed by atoms with Crippen LogP contribution in [0.3, 0.4) is 0 Å². The number of hydrogen-bond donors (Lipinski definition) is 1. The second-order valence-corrected chi connectivity index (χ2v) is 3.81. The summed E-state index contributed by atoms with van der Waals surface area (Å²) in [6.07, 6.45) is 0. The summed E-state index contributed by atoms with van der Waals surface area (Å²) >= 11 is 0. The molecule has 0 aliphatic carbocycles. The summed E-state index contributed by atoms with van der Waals surface area (Å²) in [5.74, 6) is 0.179. The molecule has 6 heteroatoms. The minimum Gasteiger partial charge on any atom is -0.383 e. The number of rotatable bonds is 5. The maximum atomic E-state index is 13.1. The van der Waals surface area contributed by atoms with Gasteiger partial charge in [0, 0.05) is 19.2 Å². The second kappa shape index (κ2) is 5.59. The molecule has 0 saturated heterocycles. The van der Waals surface area contributed by atoms with Crippen LogP contribution in [0.4, 0.5) is 10.4 Å². The third kappa shape index (κ3) is 2.84. The van der Waals surface area contributed by atoms with Gasteiger partial charge >= 0.3 is 6.01 Å². The molecule has 1 N–H and O–H groups in total. The number of ether oxygens (including phenoxy) is 1. The highest BCUT2D eigenvalue weighted by atomic mass is 19.1. The number of nitrogens with zero attached hydrogens (tertiary/aromatic N) is 2. The molecule has 0 radical (unpaired) electrons. The van der Waals surface area contributed by atoms with E-state index in [-0.39, 0.29) is 5.82 Å². The number of anilines is 1. The lowest BCUT2D eigenvalue weighted by atomic mass is 10.1. The number of hydrogen-bond acceptors (Lipinski definition) is 5. The van der Waals surface area contributed by atoms with Gasteiger partial charge in [0.25, 0.3) is 0 Å². The van der Waals surface area contributed by atoms with Crippen molar-refractivity contribution in [1.29, 1.82) is 0 Å². The van der Waals surface area contributed by atoms with E-state index in [2.05, 4.69) is 15.5 Å². The van der Waals surface area contributed by atoms with Gasteiger partial charge < -0.3 is 14.6 Å². The van der Waals surface area contributed by atoms with Gasteiger partial charge in [-0.05, 0) is 30.7 Å². The van der Waals surface area contributed by atoms with Crippen molar-refractivity contribution in [2.75, 3.05) is 25.6 Å². The summed E-state index contributed by atoms with van der Waals surface area (Å²) in [5, 5.41) is 6.75. The van der Waals surface area contributed by atoms with Crippen molar-refractivity contribution in [2.45, 2.75) is 6.92 Å². The second-order valence-electron chi connectivity index (χ2n) is 3.81. The van der Waals surface area contributed by atoms with Crippen molar-refractivity contribution >= 4 is 6.01 Å². The predicted octanol–water partition coefficient (Wildman–Crippen LogP) is 2.24. The Morgan fingerprint density at radius 2 is 2.28 bits per heavy atom. The average molecular weight is 251 g/mol. The van der Waals surface area contributed by atoms with Crippen LogP contribution >= 0.6 is 0 Å². The van der Waals surface area contributed by atoms with Gasteiger partial charge in [0.05, 0.1) is 6.61 Å². The molecular formula is C12H14FN3O2. The summed E-state index contributed by atoms with van der Waals surface area (Å²) in [5.41, 5.74) is 1.27. The first kappa shape index (κ1) is 12.5. The van der Waals surface area contributed by atoms with Crippen LogP contribution in [-0.4, -0.2) is 30.4 Å². The minimum atomic E-state index is -0.249. The summed E-state index contributed by atoms with van der Waals surface area (Å²) in [6, 6.07) is 5.01. The van der Waals surface area contributed by atoms with E-state index >= 15 is 0 Å². The molecule has 0 saturated carbocycles. The Kier molecular flexibility index (Phi) is 3.88. The van der Waals surface area contributed by atoms with E-state index < -0.39 is 0 Å². The zero-order valence-corrected chi connectivity index (χ0v) is 10.2. The highest BCUT2D eigenvalue weighted by Crippen LogP contribution is 2.20. The Morgan fingerprint density at radius 3 is 3.00 bits per heavy atom. The van der Waals surface area contributed by atoms with Gasteiger partial charge in [-0.3, -0.25) is 0 Å². The van der Waals surface area contributed by atoms with Crippen LogP contribution in [0.5, 0.6) is 0 Å². The molecule has 0 bridgehead atoms. The van der Waals surface area contributed by atoms with Crippen LogP contribution < -0.4 is 5.32 Å². The number of nitrogens with one attached hydrogen (secondary N) is 1. The largest absolute Gasteiger partial charge is 0.383 e. The van der Waals surface area contributed by atoms with E-state index in [1.807, 2.05) is 0 Å². The van der Waals surface area contributed by atoms with Crippen molar-refractivity contribution in [2.24, 2.45) is 0 Å². The number of aryl methyl sites for hydroxylation is 1. The first-order chi connectivity index (χ1) is 8.70. The molecule has 0 atom stereocenters. The zero-order chi connectivity index (χ0) is 13.0. The summed E-state index contributed by atoms with van der Waals surface area (Å²) < 4.78 is 23.0. The van der Waals surface area contributed by atoms with Crippen molar-refractivity contribution in [3.05, 3.63) is 29.6 Å². The molecule has 1 aromatic heterocycles. The SMILES string of the molecule is COCCNc1nc(-c2ccc(F)c(C)c2)no1. The Bertz CT molecular complexity index is 528. The molecule has 18 heavy (non-hydrogen) atoms. The molecule has 0 aliphatic rings. The fourth-order valence-corrected chi connectivity index (χ4v) is 1.46. The van der Waals surface area contributed by atoms with E-state index in [0.29, 0.717) is 30.6 Å². The lowest BCUT2D eigenvalue weighted by Crippen LogP contribution is -2.07. The normalized spacial score (nSPS) is 10.6. The van der Waals surface area contributed by atoms with Gasteiger partial charge in [0.2, 0.25) is 5.82 Å². The first-order valence-electron chi connectivity index (χ1n) is 5.54. The third-order valence-electron chi connectivity index (χ3n) is 2.42. The molecule has 0 amide bonds. The van der Waals surface area contributed by atoms with Gasteiger partial charge in [-0.2, -0.15) is 4.98 Å². The number of aromatic nitrogens is 2. The highest BCUT2D eigenvalue weighted by Gasteiger charge is 2.09. The van der Waals surface area contributed by atoms with E-state index in [9.17, 15) is 4.39 Å². The van der Waals surface area contributed by atoms with Gasteiger partial charge in [0.15, 0.2) is 0 Å². The Morgan fingerprint density at radius 1 is 1.44 bits per heavy atom. The molecule has 2 aromatic rings. The van der Waals surface area contributed by atoms with Crippen LogP contribution in [0.2, 0.25) is 0 Å². The molecule has 0 fully saturated rings. The van der Waals surface area contributed by atoms with Crippen LogP contribution in [0.15, 0.2) is 22.7 Å². The molecule has 96 valence electrons. The lowest BCUT2D eigenvalue weighted by molar-refractivity contribution is 0.210. The molecule has 0 spiro atoms. The lowest BCUT2D eigenvalue weighted by Gasteiger charge is -1.98. The number of benzene rings is 1. The maximum absolute atomic E-state index is 13.1. The third-order valence-corrected chi connectivity index (χ3v) is 2.42. The molecule has 1 aromatic carbocycles. The quantitative estimate of drug-likeness (QED) is 0.826. The topological polar surface area (TPSA) is 60.2 Å². The van der Waals surface area contributed by atoms with Gasteiger partial charge in [-0.15, -0.1) is 0 Å². The van der Waals surface area contributed by atoms with Gasteiger partial charge in [-0.25, -0.2) is 4.39 Å². The Labute approximate surface area is 104 Å². The number of halogens is 1. The Balaban J connectivity index is 2.11. The standard InChI is InChI=1S/C12H14FN3O2/c1-8-7-9(3-4-10(8)13)11-15-12(18-16-11)14-5-6-17-2/h3-4,7H,5-6H2,1-2H3,(H,14,15,16). The number of methoxy groups -OCH3 is 1. The van der Waals surface area contributed by atoms with E-state index in [0.717, 1.165) is 5.56 Å². The fourth-order valence-electron chi connectivity index (χ4n) is 1.46. The Hall–Kier alpha value is -1.95. The van der Waals surface area contributed by atoms with E-state index in [4.69, 9.17) is 9.26 Å². The highest BCUT2D eigenvalue weighted by molar-refractivity contribution is 5.56. The summed E-state index contributed by atoms with van der Waals surface area (Å²) in [6.45, 7) is 2.82. The van der Waals surface area contributed by atoms with Crippen LogP contribution in [-0.2, 0) is 4.74 Å². The van der Waals surface area contributed by atoms with Crippen molar-refractivity contribution in [3.8, 4) is 11.4 Å². The fraction of sp³-hybridized carbons (Fsp3) is 0.333. The smallest absolute Gasteiger partial charge is 0.321 e. The zero-order valence-electron chi connectivity index (χ0n) is 10.2. The van der Waals surface area contributed by atoms with Crippen molar-refractivity contribution in [1.82, 2.24) is 10.1 Å². The van der Waals surface area contributed by atoms with Crippen molar-refractivity contribution in [3.63, 3.8) is 0 Å². The molecule has 2 rings (SSSR count). The molecule has 0 unspecified atom stereocenters. The van der Waals surface area contributed by atoms with E-state index in [1.165, 1.54) is 6.07 Å². The van der Waals surface area contributed by atoms with Gasteiger partial charge in [0.1, 0.15) is 5.82 Å². The molecule has 0 aliphatic heterocycles. The predicted molar refractivity (Wildman–Crippen MR) is 64.8 cm³/mol. The first-order valence-corrected chi connectivity index (χ1v) is 5.54. The average Bonchev–Trinajstić information content (AvgIpc) is 2.82. The van der Waals surface area contributed by atoms with Crippen LogP contribution in [0.25, 0.3) is 11.4 Å². The summed E-state index contributed by atoms with van der Waals surface area (Å²) in [7, 11) is 1.61. The van der Waals surface area contributed by atoms with Crippen LogP contribution in [0.1, 0.15) is 5.56 Å². The monoisotopic (exact) mass is 251 g/mol. The summed E-state index contributed by atoms with van der Waals surface area (Å²) in [4.78, 5) is 4.16. The van der Waals surface area contributed by atoms with E-state index in [1.54, 1.807) is 26.2 Å². The van der Waals surface area contributed by atoms with Gasteiger partial charge in [-0.1, -0.05) is 5.16 Å². The molecular weight excluding hydrogens is 237 g/mol. The molecule has 1 heterocycles. The minimum absolute atomic E-state index is 0.249. The maximum Gasteiger partial charge on any atom is 0.321 e.